The number of hydrogen-bond donors (Lipinski definition) is 1. The topological polar surface area (TPSA) is 24.9 Å². The highest BCUT2D eigenvalue weighted by atomic mass is 35.5. The van der Waals surface area contributed by atoms with Gasteiger partial charge in [0.25, 0.3) is 0 Å². The number of nitrogens with zero attached hydrogens (tertiary/aromatic N) is 1. The Morgan fingerprint density at radius 3 is 3.06 bits per heavy atom. The van der Waals surface area contributed by atoms with Gasteiger partial charge in [-0.05, 0) is 30.7 Å². The van der Waals surface area contributed by atoms with E-state index in [2.05, 4.69) is 16.2 Å². The maximum Gasteiger partial charge on any atom is 0.0737 e. The second kappa shape index (κ2) is 5.56. The van der Waals surface area contributed by atoms with Crippen LogP contribution in [0.3, 0.4) is 0 Å². The van der Waals surface area contributed by atoms with Crippen molar-refractivity contribution in [1.82, 2.24) is 4.98 Å². The van der Waals surface area contributed by atoms with Gasteiger partial charge in [0.1, 0.15) is 0 Å². The normalized spacial score (nSPS) is 10.1. The zero-order valence-electron chi connectivity index (χ0n) is 9.41. The Morgan fingerprint density at radius 1 is 1.35 bits per heavy atom. The van der Waals surface area contributed by atoms with E-state index in [4.69, 9.17) is 18.0 Å². The molecular weight excluding hydrogens is 232 g/mol. The Labute approximate surface area is 106 Å². The fourth-order valence-corrected chi connectivity index (χ4v) is 1.86. The molecule has 1 aromatic heterocycles. The number of aromatic nitrogens is 1. The third-order valence-corrected chi connectivity index (χ3v) is 2.75. The van der Waals surface area contributed by atoms with Crippen LogP contribution in [-0.2, 0) is 0 Å². The van der Waals surface area contributed by atoms with Crippen LogP contribution in [0.1, 0.15) is 12.8 Å². The van der Waals surface area contributed by atoms with E-state index < -0.39 is 0 Å². The molecule has 0 aliphatic heterocycles. The molecule has 0 bridgehead atoms. The van der Waals surface area contributed by atoms with Crippen molar-refractivity contribution in [3.05, 3.63) is 35.5 Å². The maximum atomic E-state index is 5.93. The van der Waals surface area contributed by atoms with Gasteiger partial charge in [-0.3, -0.25) is 4.98 Å². The van der Waals surface area contributed by atoms with Crippen LogP contribution in [0.15, 0.2) is 30.5 Å². The molecule has 0 radical (unpaired) electrons. The summed E-state index contributed by atoms with van der Waals surface area (Å²) in [5, 5.41) is 5.15. The first kappa shape index (κ1) is 11.8. The lowest BCUT2D eigenvalue weighted by Gasteiger charge is -2.08. The monoisotopic (exact) mass is 244 g/mol. The Bertz CT molecular complexity index is 558. The van der Waals surface area contributed by atoms with E-state index >= 15 is 0 Å². The largest absolute Gasteiger partial charge is 0.384 e. The van der Waals surface area contributed by atoms with Gasteiger partial charge in [-0.1, -0.05) is 11.6 Å². The molecular formula is C14H13ClN2. The minimum Gasteiger partial charge on any atom is -0.384 e. The van der Waals surface area contributed by atoms with E-state index in [0.29, 0.717) is 5.02 Å². The van der Waals surface area contributed by atoms with Gasteiger partial charge in [-0.25, -0.2) is 0 Å². The van der Waals surface area contributed by atoms with Crippen molar-refractivity contribution in [1.29, 1.82) is 0 Å². The number of anilines is 1. The van der Waals surface area contributed by atoms with Crippen LogP contribution in [0.4, 0.5) is 5.69 Å². The van der Waals surface area contributed by atoms with Crippen molar-refractivity contribution in [2.24, 2.45) is 0 Å². The summed E-state index contributed by atoms with van der Waals surface area (Å²) in [5.74, 6) is 2.63. The summed E-state index contributed by atoms with van der Waals surface area (Å²) in [5.41, 5.74) is 1.98. The molecule has 86 valence electrons. The molecule has 0 spiro atoms. The number of pyridine rings is 1. The molecule has 17 heavy (non-hydrogen) atoms. The first-order valence-electron chi connectivity index (χ1n) is 5.53. The highest BCUT2D eigenvalue weighted by Gasteiger charge is 2.01. The molecule has 1 aromatic carbocycles. The minimum atomic E-state index is 0.703. The molecule has 2 rings (SSSR count). The number of nitrogens with one attached hydrogen (secondary N) is 1. The van der Waals surface area contributed by atoms with Gasteiger partial charge in [-0.15, -0.1) is 12.3 Å². The van der Waals surface area contributed by atoms with Gasteiger partial charge >= 0.3 is 0 Å². The lowest BCUT2D eigenvalue weighted by atomic mass is 10.2. The predicted octanol–water partition coefficient (Wildman–Crippen LogP) is 3.71. The van der Waals surface area contributed by atoms with E-state index in [-0.39, 0.29) is 0 Å². The van der Waals surface area contributed by atoms with Crippen molar-refractivity contribution >= 4 is 28.2 Å². The minimum absolute atomic E-state index is 0.703. The first-order chi connectivity index (χ1) is 8.31. The molecule has 1 heterocycles. The van der Waals surface area contributed by atoms with Gasteiger partial charge < -0.3 is 5.32 Å². The molecule has 3 heteroatoms. The third kappa shape index (κ3) is 2.89. The maximum absolute atomic E-state index is 5.93. The number of unbranched alkanes of at least 4 members (excludes halogenated alkanes) is 1. The molecule has 0 aliphatic carbocycles. The van der Waals surface area contributed by atoms with Crippen LogP contribution in [-0.4, -0.2) is 11.5 Å². The Hall–Kier alpha value is -1.72. The van der Waals surface area contributed by atoms with Crippen LogP contribution >= 0.6 is 11.6 Å². The van der Waals surface area contributed by atoms with Crippen molar-refractivity contribution in [2.45, 2.75) is 12.8 Å². The smallest absolute Gasteiger partial charge is 0.0737 e. The van der Waals surface area contributed by atoms with Crippen LogP contribution in [0.2, 0.25) is 5.02 Å². The SMILES string of the molecule is C#CCCCNc1ccnc2cc(Cl)ccc12. The number of rotatable bonds is 4. The number of benzene rings is 1. The van der Waals surface area contributed by atoms with Crippen molar-refractivity contribution < 1.29 is 0 Å². The summed E-state index contributed by atoms with van der Waals surface area (Å²) >= 11 is 5.93. The van der Waals surface area contributed by atoms with Crippen molar-refractivity contribution in [3.63, 3.8) is 0 Å². The quantitative estimate of drug-likeness (QED) is 0.655. The molecule has 1 N–H and O–H groups in total. The summed E-state index contributed by atoms with van der Waals surface area (Å²) in [6, 6.07) is 7.68. The van der Waals surface area contributed by atoms with Crippen LogP contribution in [0.25, 0.3) is 10.9 Å². The van der Waals surface area contributed by atoms with E-state index in [1.807, 2.05) is 24.3 Å². The van der Waals surface area contributed by atoms with E-state index in [9.17, 15) is 0 Å². The van der Waals surface area contributed by atoms with E-state index in [1.165, 1.54) is 0 Å². The number of hydrogen-bond acceptors (Lipinski definition) is 2. The second-order valence-electron chi connectivity index (χ2n) is 3.75. The fraction of sp³-hybridized carbons (Fsp3) is 0.214. The summed E-state index contributed by atoms with van der Waals surface area (Å²) in [7, 11) is 0. The second-order valence-corrected chi connectivity index (χ2v) is 4.19. The van der Waals surface area contributed by atoms with Crippen LogP contribution in [0.5, 0.6) is 0 Å². The zero-order chi connectivity index (χ0) is 12.1. The summed E-state index contributed by atoms with van der Waals surface area (Å²) in [4.78, 5) is 4.29. The van der Waals surface area contributed by atoms with Crippen molar-refractivity contribution in [2.75, 3.05) is 11.9 Å². The first-order valence-corrected chi connectivity index (χ1v) is 5.90. The Balaban J connectivity index is 2.20. The zero-order valence-corrected chi connectivity index (χ0v) is 10.2. The lowest BCUT2D eigenvalue weighted by Crippen LogP contribution is -2.01. The fourth-order valence-electron chi connectivity index (χ4n) is 1.69. The third-order valence-electron chi connectivity index (χ3n) is 2.52. The van der Waals surface area contributed by atoms with Gasteiger partial charge in [0.15, 0.2) is 0 Å². The molecule has 0 fully saturated rings. The van der Waals surface area contributed by atoms with Crippen LogP contribution in [0, 0.1) is 12.3 Å². The van der Waals surface area contributed by atoms with Crippen molar-refractivity contribution in [3.8, 4) is 12.3 Å². The molecule has 0 saturated carbocycles. The van der Waals surface area contributed by atoms with Gasteiger partial charge in [0, 0.05) is 35.3 Å². The van der Waals surface area contributed by atoms with Gasteiger partial charge in [0.05, 0.1) is 5.52 Å². The molecule has 2 nitrogen and oxygen atoms in total. The van der Waals surface area contributed by atoms with E-state index in [1.54, 1.807) is 6.20 Å². The molecule has 0 atom stereocenters. The average Bonchev–Trinajstić information content (AvgIpc) is 2.34. The number of fused-ring (bicyclic) bond motifs is 1. The van der Waals surface area contributed by atoms with Crippen LogP contribution < -0.4 is 5.32 Å². The summed E-state index contributed by atoms with van der Waals surface area (Å²) in [6.45, 7) is 0.867. The number of halogens is 1. The predicted molar refractivity (Wildman–Crippen MR) is 73.3 cm³/mol. The Morgan fingerprint density at radius 2 is 2.24 bits per heavy atom. The average molecular weight is 245 g/mol. The standard InChI is InChI=1S/C14H13ClN2/c1-2-3-4-8-16-13-7-9-17-14-10-11(15)5-6-12(13)14/h1,5-7,9-10H,3-4,8H2,(H,16,17). The molecule has 2 aromatic rings. The Kier molecular flexibility index (Phi) is 3.85. The number of terminal acetylenes is 1. The molecule has 0 unspecified atom stereocenters. The highest BCUT2D eigenvalue weighted by molar-refractivity contribution is 6.31. The highest BCUT2D eigenvalue weighted by Crippen LogP contribution is 2.24. The van der Waals surface area contributed by atoms with E-state index in [0.717, 1.165) is 36.0 Å². The molecule has 0 saturated heterocycles. The molecule has 0 amide bonds. The summed E-state index contributed by atoms with van der Waals surface area (Å²) < 4.78 is 0. The summed E-state index contributed by atoms with van der Waals surface area (Å²) in [6.07, 6.45) is 8.75. The van der Waals surface area contributed by atoms with Gasteiger partial charge in [-0.2, -0.15) is 0 Å². The lowest BCUT2D eigenvalue weighted by molar-refractivity contribution is 0.908. The van der Waals surface area contributed by atoms with Gasteiger partial charge in [0.2, 0.25) is 0 Å². The molecule has 0 aliphatic rings.